The Morgan fingerprint density at radius 3 is 2.12 bits per heavy atom. The predicted molar refractivity (Wildman–Crippen MR) is 212 cm³/mol. The number of hydrogen-bond acceptors (Lipinski definition) is 4. The molecule has 0 unspecified atom stereocenters. The van der Waals surface area contributed by atoms with Gasteiger partial charge < -0.3 is 9.52 Å². The molecule has 0 saturated heterocycles. The number of hydrogen-bond donors (Lipinski definition) is 1. The molecule has 0 aliphatic rings. The van der Waals surface area contributed by atoms with E-state index >= 15 is 0 Å². The van der Waals surface area contributed by atoms with Gasteiger partial charge in [-0.3, -0.25) is 9.78 Å². The molecule has 5 heteroatoms. The van der Waals surface area contributed by atoms with E-state index in [1.54, 1.807) is 6.26 Å². The van der Waals surface area contributed by atoms with Gasteiger partial charge in [0.25, 0.3) is 0 Å². The smallest absolute Gasteiger partial charge is 0.164 e. The Morgan fingerprint density at radius 2 is 1.51 bits per heavy atom. The zero-order chi connectivity index (χ0) is 36.9. The van der Waals surface area contributed by atoms with E-state index in [1.165, 1.54) is 28.2 Å². The average molecular weight is 865 g/mol. The third-order valence-corrected chi connectivity index (χ3v) is 10.8. The van der Waals surface area contributed by atoms with E-state index in [4.69, 9.17) is 9.40 Å². The second kappa shape index (κ2) is 17.3. The molecule has 5 rings (SSSR count). The van der Waals surface area contributed by atoms with Crippen LogP contribution in [0.1, 0.15) is 113 Å². The zero-order valence-electron chi connectivity index (χ0n) is 32.7. The first-order valence-corrected chi connectivity index (χ1v) is 18.5. The van der Waals surface area contributed by atoms with Crippen LogP contribution in [0.25, 0.3) is 44.1 Å². The summed E-state index contributed by atoms with van der Waals surface area (Å²) in [5, 5.41) is 13.7. The largest absolute Gasteiger partial charge is 0.512 e. The molecule has 0 saturated carbocycles. The number of aromatic nitrogens is 1. The Hall–Kier alpha value is -3.53. The number of benzene rings is 3. The van der Waals surface area contributed by atoms with Gasteiger partial charge in [-0.15, -0.1) is 29.1 Å². The second-order valence-electron chi connectivity index (χ2n) is 15.8. The molecule has 0 aliphatic heterocycles. The van der Waals surface area contributed by atoms with Crippen LogP contribution in [0, 0.1) is 22.8 Å². The number of rotatable bonds is 11. The summed E-state index contributed by atoms with van der Waals surface area (Å²) in [6, 6.07) is 25.2. The molecule has 1 radical (unpaired) electrons. The SMILES string of the molecule is CC(C)Cc1cc(-c2ccnc(-c3[c-]c4ccccc4c(C(C)(C)C)c3)c2)cc2ccoc12.CCC(C)(CC)C(=O)/C=C(\O)C(C)(CC)CC.[Ir]. The van der Waals surface area contributed by atoms with Crippen molar-refractivity contribution >= 4 is 27.5 Å². The van der Waals surface area contributed by atoms with E-state index in [9.17, 15) is 9.90 Å². The van der Waals surface area contributed by atoms with Gasteiger partial charge in [-0.05, 0) is 84.4 Å². The van der Waals surface area contributed by atoms with E-state index in [1.807, 2.05) is 47.7 Å². The molecule has 2 heterocycles. The van der Waals surface area contributed by atoms with Crippen molar-refractivity contribution in [3.8, 4) is 22.4 Å². The van der Waals surface area contributed by atoms with Crippen molar-refractivity contribution in [3.63, 3.8) is 0 Å². The summed E-state index contributed by atoms with van der Waals surface area (Å²) in [5.74, 6) is 0.846. The fourth-order valence-corrected chi connectivity index (χ4v) is 6.34. The number of fused-ring (bicyclic) bond motifs is 2. The first-order chi connectivity index (χ1) is 23.6. The number of allylic oxidation sites excluding steroid dienone is 2. The third-order valence-electron chi connectivity index (χ3n) is 10.8. The number of pyridine rings is 1. The summed E-state index contributed by atoms with van der Waals surface area (Å²) in [5.41, 5.74) is 7.33. The van der Waals surface area contributed by atoms with Gasteiger partial charge in [0.15, 0.2) is 5.78 Å². The van der Waals surface area contributed by atoms with E-state index in [0.29, 0.717) is 5.92 Å². The molecular formula is C46H58IrNO3-. The Morgan fingerprint density at radius 1 is 0.863 bits per heavy atom. The Kier molecular flexibility index (Phi) is 14.2. The van der Waals surface area contributed by atoms with Gasteiger partial charge in [0.2, 0.25) is 0 Å². The molecule has 0 fully saturated rings. The van der Waals surface area contributed by atoms with Crippen LogP contribution in [0.15, 0.2) is 89.4 Å². The minimum absolute atomic E-state index is 0. The van der Waals surface area contributed by atoms with Gasteiger partial charge >= 0.3 is 0 Å². The summed E-state index contributed by atoms with van der Waals surface area (Å²) in [6.07, 6.45) is 9.44. The molecule has 275 valence electrons. The van der Waals surface area contributed by atoms with Crippen LogP contribution in [0.5, 0.6) is 0 Å². The van der Waals surface area contributed by atoms with Crippen molar-refractivity contribution in [2.24, 2.45) is 16.7 Å². The molecule has 4 nitrogen and oxygen atoms in total. The van der Waals surface area contributed by atoms with Gasteiger partial charge in [-0.2, -0.15) is 0 Å². The Bertz CT molecular complexity index is 1950. The summed E-state index contributed by atoms with van der Waals surface area (Å²) >= 11 is 0. The van der Waals surface area contributed by atoms with Crippen molar-refractivity contribution in [1.82, 2.24) is 4.98 Å². The van der Waals surface area contributed by atoms with Crippen LogP contribution in [-0.4, -0.2) is 15.9 Å². The molecule has 2 aromatic heterocycles. The number of nitrogens with zero attached hydrogens (tertiary/aromatic N) is 1. The van der Waals surface area contributed by atoms with Gasteiger partial charge in [0.05, 0.1) is 6.26 Å². The Labute approximate surface area is 320 Å². The minimum Gasteiger partial charge on any atom is -0.512 e. The third kappa shape index (κ3) is 9.67. The fraction of sp³-hybridized carbons (Fsp3) is 0.435. The number of carbonyl (C=O) groups is 1. The summed E-state index contributed by atoms with van der Waals surface area (Å²) in [7, 11) is 0. The zero-order valence-corrected chi connectivity index (χ0v) is 35.1. The topological polar surface area (TPSA) is 63.3 Å². The number of aliphatic hydroxyl groups is 1. The maximum atomic E-state index is 12.2. The molecule has 1 N–H and O–H groups in total. The van der Waals surface area contributed by atoms with Crippen LogP contribution >= 0.6 is 0 Å². The summed E-state index contributed by atoms with van der Waals surface area (Å²) in [6.45, 7) is 23.4. The molecule has 0 spiro atoms. The van der Waals surface area contributed by atoms with Crippen molar-refractivity contribution in [1.29, 1.82) is 0 Å². The summed E-state index contributed by atoms with van der Waals surface area (Å²) < 4.78 is 5.80. The van der Waals surface area contributed by atoms with Crippen LogP contribution < -0.4 is 0 Å². The van der Waals surface area contributed by atoms with Crippen LogP contribution in [0.3, 0.4) is 0 Å². The van der Waals surface area contributed by atoms with Gasteiger partial charge in [0, 0.05) is 54.3 Å². The molecule has 0 atom stereocenters. The van der Waals surface area contributed by atoms with E-state index in [2.05, 4.69) is 101 Å². The van der Waals surface area contributed by atoms with Crippen LogP contribution in [-0.2, 0) is 36.7 Å². The summed E-state index contributed by atoms with van der Waals surface area (Å²) in [4.78, 5) is 16.9. The standard InChI is InChI=1S/C31H30NO.C15H28O2.Ir/c1-20(2)14-26-17-24(16-23-11-13-33-30(23)26)21-10-12-32-29(19-21)25-15-22-8-6-7-9-27(22)28(18-25)31(3,4)5;1-7-14(5,8-2)12(16)11-13(17)15(6,9-3)10-4;/h6-13,16-20H,14H2,1-5H3;11,16H,7-10H2,1-6H3;/q-1;;/b;12-11-;. The molecule has 0 amide bonds. The monoisotopic (exact) mass is 865 g/mol. The van der Waals surface area contributed by atoms with Crippen molar-refractivity contribution in [3.05, 3.63) is 102 Å². The van der Waals surface area contributed by atoms with E-state index in [-0.39, 0.29) is 47.9 Å². The molecule has 51 heavy (non-hydrogen) atoms. The molecule has 3 aromatic carbocycles. The van der Waals surface area contributed by atoms with Gasteiger partial charge in [0.1, 0.15) is 11.3 Å². The number of furan rings is 1. The van der Waals surface area contributed by atoms with E-state index < -0.39 is 0 Å². The second-order valence-corrected chi connectivity index (χ2v) is 15.8. The van der Waals surface area contributed by atoms with E-state index in [0.717, 1.165) is 65.3 Å². The molecule has 5 aromatic rings. The maximum absolute atomic E-state index is 12.2. The van der Waals surface area contributed by atoms with Crippen LogP contribution in [0.2, 0.25) is 0 Å². The molecule has 0 bridgehead atoms. The fourth-order valence-electron chi connectivity index (χ4n) is 6.34. The first kappa shape index (κ1) is 41.9. The molecular weight excluding hydrogens is 807 g/mol. The first-order valence-electron chi connectivity index (χ1n) is 18.5. The van der Waals surface area contributed by atoms with Gasteiger partial charge in [-0.1, -0.05) is 111 Å². The van der Waals surface area contributed by atoms with Crippen LogP contribution in [0.4, 0.5) is 0 Å². The van der Waals surface area contributed by atoms with Crippen molar-refractivity contribution < 1.29 is 34.4 Å². The normalized spacial score (nSPS) is 12.5. The number of aliphatic hydroxyl groups excluding tert-OH is 1. The minimum atomic E-state index is -0.337. The van der Waals surface area contributed by atoms with Gasteiger partial charge in [-0.25, -0.2) is 0 Å². The average Bonchev–Trinajstić information content (AvgIpc) is 3.59. The predicted octanol–water partition coefficient (Wildman–Crippen LogP) is 13.3. The number of ketones is 1. The quantitative estimate of drug-likeness (QED) is 0.0816. The number of carbonyl (C=O) groups excluding carboxylic acids is 1. The maximum Gasteiger partial charge on any atom is 0.164 e. The molecule has 0 aliphatic carbocycles. The Balaban J connectivity index is 0.000000335. The van der Waals surface area contributed by atoms with Crippen molar-refractivity contribution in [2.45, 2.75) is 114 Å². The van der Waals surface area contributed by atoms with Crippen molar-refractivity contribution in [2.75, 3.05) is 0 Å².